The van der Waals surface area contributed by atoms with Gasteiger partial charge < -0.3 is 10.4 Å². The molecule has 0 atom stereocenters. The lowest BCUT2D eigenvalue weighted by atomic mass is 9.93. The van der Waals surface area contributed by atoms with Gasteiger partial charge in [-0.05, 0) is 31.4 Å². The van der Waals surface area contributed by atoms with Crippen LogP contribution < -0.4 is 5.32 Å². The largest absolute Gasteiger partial charge is 0.384 e. The van der Waals surface area contributed by atoms with Crippen molar-refractivity contribution in [3.63, 3.8) is 0 Å². The van der Waals surface area contributed by atoms with E-state index in [4.69, 9.17) is 5.11 Å². The fourth-order valence-electron chi connectivity index (χ4n) is 1.46. The van der Waals surface area contributed by atoms with Crippen molar-refractivity contribution in [2.24, 2.45) is 0 Å². The molecule has 0 saturated heterocycles. The molecular formula is C12H13NO2S. The van der Waals surface area contributed by atoms with Crippen LogP contribution in [0.4, 0.5) is 0 Å². The number of amides is 1. The summed E-state index contributed by atoms with van der Waals surface area (Å²) < 4.78 is 0. The molecule has 0 aliphatic heterocycles. The third-order valence-corrected chi connectivity index (χ3v) is 3.56. The highest BCUT2D eigenvalue weighted by molar-refractivity contribution is 7.14. The van der Waals surface area contributed by atoms with Gasteiger partial charge >= 0.3 is 0 Å². The predicted octanol–water partition coefficient (Wildman–Crippen LogP) is 1.37. The van der Waals surface area contributed by atoms with Crippen molar-refractivity contribution in [1.82, 2.24) is 5.32 Å². The van der Waals surface area contributed by atoms with Crippen molar-refractivity contribution < 1.29 is 9.90 Å². The molecule has 0 spiro atoms. The molecule has 0 radical (unpaired) electrons. The average molecular weight is 235 g/mol. The van der Waals surface area contributed by atoms with E-state index in [9.17, 15) is 4.79 Å². The van der Waals surface area contributed by atoms with Gasteiger partial charge in [-0.1, -0.05) is 11.8 Å². The zero-order valence-corrected chi connectivity index (χ0v) is 9.64. The van der Waals surface area contributed by atoms with E-state index in [1.54, 1.807) is 6.07 Å². The summed E-state index contributed by atoms with van der Waals surface area (Å²) >= 11 is 1.36. The van der Waals surface area contributed by atoms with Gasteiger partial charge in [0, 0.05) is 6.04 Å². The zero-order chi connectivity index (χ0) is 11.4. The van der Waals surface area contributed by atoms with Crippen molar-refractivity contribution in [2.45, 2.75) is 25.3 Å². The number of carbonyl (C=O) groups is 1. The molecule has 4 heteroatoms. The first kappa shape index (κ1) is 11.2. The zero-order valence-electron chi connectivity index (χ0n) is 8.82. The van der Waals surface area contributed by atoms with Gasteiger partial charge in [0.1, 0.15) is 6.61 Å². The molecule has 0 aromatic carbocycles. The molecule has 1 amide bonds. The van der Waals surface area contributed by atoms with Crippen LogP contribution in [0.5, 0.6) is 0 Å². The SMILES string of the molecule is O=C(NC1CCC1)c1ccc(C#CCO)s1. The fraction of sp³-hybridized carbons (Fsp3) is 0.417. The van der Waals surface area contributed by atoms with E-state index >= 15 is 0 Å². The molecule has 1 heterocycles. The summed E-state index contributed by atoms with van der Waals surface area (Å²) in [5, 5.41) is 11.5. The van der Waals surface area contributed by atoms with E-state index in [0.29, 0.717) is 10.9 Å². The molecule has 1 aliphatic rings. The summed E-state index contributed by atoms with van der Waals surface area (Å²) in [5.41, 5.74) is 0. The maximum atomic E-state index is 11.7. The number of rotatable bonds is 2. The smallest absolute Gasteiger partial charge is 0.261 e. The maximum Gasteiger partial charge on any atom is 0.261 e. The molecular weight excluding hydrogens is 222 g/mol. The number of carbonyl (C=O) groups excluding carboxylic acids is 1. The van der Waals surface area contributed by atoms with Crippen LogP contribution in [0.2, 0.25) is 0 Å². The van der Waals surface area contributed by atoms with Crippen molar-refractivity contribution in [3.8, 4) is 11.8 Å². The first-order valence-electron chi connectivity index (χ1n) is 5.30. The minimum absolute atomic E-state index is 0.00764. The fourth-order valence-corrected chi connectivity index (χ4v) is 2.25. The van der Waals surface area contributed by atoms with E-state index in [0.717, 1.165) is 17.7 Å². The molecule has 16 heavy (non-hydrogen) atoms. The highest BCUT2D eigenvalue weighted by Crippen LogP contribution is 2.20. The van der Waals surface area contributed by atoms with E-state index in [1.807, 2.05) is 6.07 Å². The van der Waals surface area contributed by atoms with Crippen LogP contribution in [-0.2, 0) is 0 Å². The highest BCUT2D eigenvalue weighted by atomic mass is 32.1. The topological polar surface area (TPSA) is 49.3 Å². The molecule has 0 bridgehead atoms. The second-order valence-electron chi connectivity index (χ2n) is 3.73. The Balaban J connectivity index is 1.97. The Hall–Kier alpha value is -1.31. The molecule has 3 nitrogen and oxygen atoms in total. The Labute approximate surface area is 98.5 Å². The summed E-state index contributed by atoms with van der Waals surface area (Å²) in [6, 6.07) is 3.95. The monoisotopic (exact) mass is 235 g/mol. The van der Waals surface area contributed by atoms with Crippen molar-refractivity contribution in [2.75, 3.05) is 6.61 Å². The lowest BCUT2D eigenvalue weighted by Gasteiger charge is -2.25. The Bertz CT molecular complexity index is 437. The molecule has 1 aromatic heterocycles. The summed E-state index contributed by atoms with van der Waals surface area (Å²) in [6.07, 6.45) is 3.39. The summed E-state index contributed by atoms with van der Waals surface area (Å²) in [4.78, 5) is 13.2. The lowest BCUT2D eigenvalue weighted by molar-refractivity contribution is 0.0921. The normalized spacial score (nSPS) is 14.8. The van der Waals surface area contributed by atoms with Crippen LogP contribution in [0, 0.1) is 11.8 Å². The average Bonchev–Trinajstić information content (AvgIpc) is 2.69. The van der Waals surface area contributed by atoms with Crippen molar-refractivity contribution in [1.29, 1.82) is 0 Å². The Morgan fingerprint density at radius 2 is 2.38 bits per heavy atom. The number of aliphatic hydroxyl groups is 1. The van der Waals surface area contributed by atoms with Crippen LogP contribution in [0.1, 0.15) is 33.8 Å². The minimum Gasteiger partial charge on any atom is -0.384 e. The van der Waals surface area contributed by atoms with E-state index in [1.165, 1.54) is 17.8 Å². The molecule has 2 rings (SSSR count). The van der Waals surface area contributed by atoms with E-state index < -0.39 is 0 Å². The van der Waals surface area contributed by atoms with Crippen LogP contribution in [0.15, 0.2) is 12.1 Å². The van der Waals surface area contributed by atoms with Crippen molar-refractivity contribution in [3.05, 3.63) is 21.9 Å². The van der Waals surface area contributed by atoms with Gasteiger partial charge in [-0.2, -0.15) is 0 Å². The molecule has 1 aromatic rings. The Morgan fingerprint density at radius 3 is 3.00 bits per heavy atom. The molecule has 1 fully saturated rings. The Kier molecular flexibility index (Phi) is 3.60. The molecule has 2 N–H and O–H groups in total. The quantitative estimate of drug-likeness (QED) is 0.761. The van der Waals surface area contributed by atoms with Gasteiger partial charge in [0.15, 0.2) is 0 Å². The first-order chi connectivity index (χ1) is 7.79. The third kappa shape index (κ3) is 2.63. The number of aliphatic hydroxyl groups excluding tert-OH is 1. The van der Waals surface area contributed by atoms with Gasteiger partial charge in [0.25, 0.3) is 5.91 Å². The van der Waals surface area contributed by atoms with Gasteiger partial charge in [0.2, 0.25) is 0 Å². The van der Waals surface area contributed by atoms with Crippen LogP contribution in [0.25, 0.3) is 0 Å². The molecule has 0 unspecified atom stereocenters. The van der Waals surface area contributed by atoms with Gasteiger partial charge in [-0.3, -0.25) is 4.79 Å². The highest BCUT2D eigenvalue weighted by Gasteiger charge is 2.20. The first-order valence-corrected chi connectivity index (χ1v) is 6.11. The summed E-state index contributed by atoms with van der Waals surface area (Å²) in [6.45, 7) is -0.151. The molecule has 1 aliphatic carbocycles. The number of hydrogen-bond donors (Lipinski definition) is 2. The Morgan fingerprint density at radius 1 is 1.56 bits per heavy atom. The maximum absolute atomic E-state index is 11.7. The van der Waals surface area contributed by atoms with E-state index in [2.05, 4.69) is 17.2 Å². The van der Waals surface area contributed by atoms with Crippen LogP contribution >= 0.6 is 11.3 Å². The number of hydrogen-bond acceptors (Lipinski definition) is 3. The molecule has 1 saturated carbocycles. The van der Waals surface area contributed by atoms with Gasteiger partial charge in [0.05, 0.1) is 9.75 Å². The second kappa shape index (κ2) is 5.15. The molecule has 84 valence electrons. The summed E-state index contributed by atoms with van der Waals surface area (Å²) in [5.74, 6) is 5.35. The predicted molar refractivity (Wildman–Crippen MR) is 63.4 cm³/mol. The van der Waals surface area contributed by atoms with Crippen molar-refractivity contribution >= 4 is 17.2 Å². The minimum atomic E-state index is -0.151. The van der Waals surface area contributed by atoms with Crippen LogP contribution in [0.3, 0.4) is 0 Å². The van der Waals surface area contributed by atoms with Crippen LogP contribution in [-0.4, -0.2) is 23.7 Å². The number of nitrogens with one attached hydrogen (secondary N) is 1. The second-order valence-corrected chi connectivity index (χ2v) is 4.81. The summed E-state index contributed by atoms with van der Waals surface area (Å²) in [7, 11) is 0. The van der Waals surface area contributed by atoms with Gasteiger partial charge in [-0.15, -0.1) is 11.3 Å². The third-order valence-electron chi connectivity index (χ3n) is 2.56. The van der Waals surface area contributed by atoms with Gasteiger partial charge in [-0.25, -0.2) is 0 Å². The lowest BCUT2D eigenvalue weighted by Crippen LogP contribution is -2.39. The standard InChI is InChI=1S/C12H13NO2S/c14-8-2-5-10-6-7-11(16-10)12(15)13-9-3-1-4-9/h6-7,9,14H,1,3-4,8H2,(H,13,15). The number of thiophene rings is 1. The van der Waals surface area contributed by atoms with E-state index in [-0.39, 0.29) is 12.5 Å².